The molecule has 1 saturated heterocycles. The van der Waals surface area contributed by atoms with E-state index in [2.05, 4.69) is 20.7 Å². The van der Waals surface area contributed by atoms with Crippen molar-refractivity contribution in [2.75, 3.05) is 18.4 Å². The van der Waals surface area contributed by atoms with Gasteiger partial charge in [-0.2, -0.15) is 0 Å². The number of thiazole rings is 1. The Kier molecular flexibility index (Phi) is 7.28. The van der Waals surface area contributed by atoms with Crippen molar-refractivity contribution < 1.29 is 4.79 Å². The molecule has 0 unspecified atom stereocenters. The fraction of sp³-hybridized carbons (Fsp3) is 0.250. The molecular weight excluding hydrogens is 479 g/mol. The van der Waals surface area contributed by atoms with E-state index in [-0.39, 0.29) is 30.7 Å². The van der Waals surface area contributed by atoms with Crippen LogP contribution in [-0.2, 0) is 7.05 Å². The molecular formula is C20H21Cl3N6OS. The van der Waals surface area contributed by atoms with Crippen LogP contribution in [-0.4, -0.2) is 38.5 Å². The number of carbonyl (C=O) groups excluding carboxylic acids is 1. The van der Waals surface area contributed by atoms with Crippen LogP contribution in [0.3, 0.4) is 0 Å². The molecule has 11 heteroatoms. The highest BCUT2D eigenvalue weighted by Gasteiger charge is 2.17. The van der Waals surface area contributed by atoms with Crippen LogP contribution < -0.4 is 10.7 Å². The summed E-state index contributed by atoms with van der Waals surface area (Å²) >= 11 is 7.59. The van der Waals surface area contributed by atoms with E-state index in [0.717, 1.165) is 52.3 Å². The van der Waals surface area contributed by atoms with Gasteiger partial charge < -0.3 is 9.88 Å². The second kappa shape index (κ2) is 9.58. The van der Waals surface area contributed by atoms with Gasteiger partial charge >= 0.3 is 0 Å². The Morgan fingerprint density at radius 3 is 2.61 bits per heavy atom. The van der Waals surface area contributed by atoms with Crippen molar-refractivity contribution in [3.63, 3.8) is 0 Å². The predicted molar refractivity (Wildman–Crippen MR) is 131 cm³/mol. The Labute approximate surface area is 200 Å². The number of hydrazine groups is 1. The Bertz CT molecular complexity index is 1230. The second-order valence-electron chi connectivity index (χ2n) is 7.09. The van der Waals surface area contributed by atoms with Gasteiger partial charge in [-0.05, 0) is 49.2 Å². The first-order valence-electron chi connectivity index (χ1n) is 9.42. The standard InChI is InChI=1S/C20H19ClN6OS.2ClH/c1-26-16-7-4-12(18(28)25-27-8-2-3-9-27)10-15(16)22-19(26)24-20-23-14-6-5-13(21)11-17(14)29-20;;/h4-7,10-11H,2-3,8-9H2,1H3,(H,25,28)(H,22,23,24);2*1H. The molecule has 1 aliphatic rings. The molecule has 4 aromatic rings. The van der Waals surface area contributed by atoms with Crippen LogP contribution in [0.4, 0.5) is 11.1 Å². The SMILES string of the molecule is Cl.Cl.Cn1c(Nc2nc3ccc(Cl)cc3s2)nc2cc(C(=O)NN3CCCC3)ccc21. The molecule has 31 heavy (non-hydrogen) atoms. The molecule has 0 aliphatic carbocycles. The molecule has 3 heterocycles. The number of fused-ring (bicyclic) bond motifs is 2. The molecule has 1 amide bonds. The quantitative estimate of drug-likeness (QED) is 0.405. The monoisotopic (exact) mass is 498 g/mol. The van der Waals surface area contributed by atoms with E-state index in [1.165, 1.54) is 11.3 Å². The molecule has 2 N–H and O–H groups in total. The van der Waals surface area contributed by atoms with Crippen molar-refractivity contribution >= 4 is 86.0 Å². The third-order valence-electron chi connectivity index (χ3n) is 5.08. The van der Waals surface area contributed by atoms with Crippen molar-refractivity contribution in [3.05, 3.63) is 47.0 Å². The number of hydrogen-bond acceptors (Lipinski definition) is 6. The number of imidazole rings is 1. The summed E-state index contributed by atoms with van der Waals surface area (Å²) in [4.78, 5) is 21.8. The Hall–Kier alpha value is -2.10. The summed E-state index contributed by atoms with van der Waals surface area (Å²) in [6, 6.07) is 11.2. The first-order valence-corrected chi connectivity index (χ1v) is 10.6. The fourth-order valence-electron chi connectivity index (χ4n) is 3.54. The smallest absolute Gasteiger partial charge is 0.265 e. The average molecular weight is 500 g/mol. The average Bonchev–Trinajstić information content (AvgIpc) is 3.41. The Morgan fingerprint density at radius 1 is 1.06 bits per heavy atom. The molecule has 0 bridgehead atoms. The lowest BCUT2D eigenvalue weighted by Crippen LogP contribution is -2.39. The lowest BCUT2D eigenvalue weighted by atomic mass is 10.2. The number of nitrogens with one attached hydrogen (secondary N) is 2. The number of halogens is 3. The summed E-state index contributed by atoms with van der Waals surface area (Å²) in [6.07, 6.45) is 2.24. The van der Waals surface area contributed by atoms with Gasteiger partial charge in [-0.25, -0.2) is 15.0 Å². The maximum absolute atomic E-state index is 12.5. The van der Waals surface area contributed by atoms with Crippen molar-refractivity contribution in [1.29, 1.82) is 0 Å². The number of aryl methyl sites for hydroxylation is 1. The van der Waals surface area contributed by atoms with E-state index in [1.807, 2.05) is 53.0 Å². The van der Waals surface area contributed by atoms with E-state index < -0.39 is 0 Å². The zero-order valence-electron chi connectivity index (χ0n) is 16.6. The highest BCUT2D eigenvalue weighted by atomic mass is 35.5. The maximum Gasteiger partial charge on any atom is 0.265 e. The number of hydrogen-bond donors (Lipinski definition) is 2. The molecule has 1 aliphatic heterocycles. The van der Waals surface area contributed by atoms with E-state index in [4.69, 9.17) is 11.6 Å². The topological polar surface area (TPSA) is 75.1 Å². The normalized spacial score (nSPS) is 13.7. The number of anilines is 2. The van der Waals surface area contributed by atoms with Gasteiger partial charge in [0.1, 0.15) is 0 Å². The molecule has 1 fully saturated rings. The highest BCUT2D eigenvalue weighted by molar-refractivity contribution is 7.22. The second-order valence-corrected chi connectivity index (χ2v) is 8.56. The van der Waals surface area contributed by atoms with Crippen molar-refractivity contribution in [1.82, 2.24) is 25.0 Å². The van der Waals surface area contributed by atoms with Gasteiger partial charge in [0.05, 0.1) is 21.3 Å². The van der Waals surface area contributed by atoms with Crippen LogP contribution in [0.2, 0.25) is 5.02 Å². The predicted octanol–water partition coefficient (Wildman–Crippen LogP) is 5.16. The zero-order valence-corrected chi connectivity index (χ0v) is 19.8. The van der Waals surface area contributed by atoms with Crippen molar-refractivity contribution in [2.45, 2.75) is 12.8 Å². The molecule has 5 rings (SSSR count). The van der Waals surface area contributed by atoms with Gasteiger partial charge in [-0.3, -0.25) is 10.2 Å². The van der Waals surface area contributed by atoms with E-state index in [9.17, 15) is 4.79 Å². The van der Waals surface area contributed by atoms with Crippen LogP contribution in [0.15, 0.2) is 36.4 Å². The molecule has 164 valence electrons. The number of benzene rings is 2. The summed E-state index contributed by atoms with van der Waals surface area (Å²) in [5.74, 6) is 0.569. The van der Waals surface area contributed by atoms with Gasteiger partial charge in [0.15, 0.2) is 5.13 Å². The van der Waals surface area contributed by atoms with Crippen LogP contribution in [0, 0.1) is 0 Å². The van der Waals surface area contributed by atoms with Crippen LogP contribution in [0.5, 0.6) is 0 Å². The lowest BCUT2D eigenvalue weighted by molar-refractivity contribution is 0.0826. The van der Waals surface area contributed by atoms with Crippen molar-refractivity contribution in [2.24, 2.45) is 7.05 Å². The molecule has 0 radical (unpaired) electrons. The number of amides is 1. The van der Waals surface area contributed by atoms with Gasteiger partial charge in [0.2, 0.25) is 5.95 Å². The van der Waals surface area contributed by atoms with Gasteiger partial charge in [-0.1, -0.05) is 22.9 Å². The molecule has 0 saturated carbocycles. The Morgan fingerprint density at radius 2 is 1.84 bits per heavy atom. The largest absolute Gasteiger partial charge is 0.313 e. The molecule has 2 aromatic heterocycles. The molecule has 2 aromatic carbocycles. The minimum Gasteiger partial charge on any atom is -0.313 e. The summed E-state index contributed by atoms with van der Waals surface area (Å²) in [6.45, 7) is 1.80. The van der Waals surface area contributed by atoms with Crippen molar-refractivity contribution in [3.8, 4) is 0 Å². The highest BCUT2D eigenvalue weighted by Crippen LogP contribution is 2.31. The number of rotatable bonds is 4. The van der Waals surface area contributed by atoms with Crippen LogP contribution in [0.1, 0.15) is 23.2 Å². The minimum absolute atomic E-state index is 0. The summed E-state index contributed by atoms with van der Waals surface area (Å²) < 4.78 is 2.97. The molecule has 7 nitrogen and oxygen atoms in total. The van der Waals surface area contributed by atoms with Gasteiger partial charge in [-0.15, -0.1) is 24.8 Å². The Balaban J connectivity index is 0.00000136. The third kappa shape index (κ3) is 4.73. The minimum atomic E-state index is -0.1000. The number of nitrogens with zero attached hydrogens (tertiary/aromatic N) is 4. The number of carbonyl (C=O) groups is 1. The van der Waals surface area contributed by atoms with Crippen LogP contribution >= 0.6 is 47.8 Å². The summed E-state index contributed by atoms with van der Waals surface area (Å²) in [5.41, 5.74) is 6.15. The first-order chi connectivity index (χ1) is 14.1. The summed E-state index contributed by atoms with van der Waals surface area (Å²) in [7, 11) is 1.94. The van der Waals surface area contributed by atoms with E-state index in [0.29, 0.717) is 16.5 Å². The van der Waals surface area contributed by atoms with Crippen LogP contribution in [0.25, 0.3) is 21.3 Å². The molecule has 0 atom stereocenters. The third-order valence-corrected chi connectivity index (χ3v) is 6.25. The van der Waals surface area contributed by atoms with Gasteiger partial charge in [0, 0.05) is 30.7 Å². The maximum atomic E-state index is 12.5. The van der Waals surface area contributed by atoms with E-state index in [1.54, 1.807) is 0 Å². The summed E-state index contributed by atoms with van der Waals surface area (Å²) in [5, 5.41) is 6.69. The number of aromatic nitrogens is 3. The lowest BCUT2D eigenvalue weighted by Gasteiger charge is -2.16. The fourth-order valence-corrected chi connectivity index (χ4v) is 4.67. The zero-order chi connectivity index (χ0) is 20.0. The first kappa shape index (κ1) is 23.6. The van der Waals surface area contributed by atoms with Gasteiger partial charge in [0.25, 0.3) is 5.91 Å². The van der Waals surface area contributed by atoms with E-state index >= 15 is 0 Å². The molecule has 0 spiro atoms.